The Balaban J connectivity index is 2.02. The minimum absolute atomic E-state index is 0.136. The molecule has 0 saturated heterocycles. The summed E-state index contributed by atoms with van der Waals surface area (Å²) in [7, 11) is 0. The van der Waals surface area contributed by atoms with Crippen molar-refractivity contribution < 1.29 is 23.9 Å². The van der Waals surface area contributed by atoms with Gasteiger partial charge in [-0.25, -0.2) is 4.79 Å². The van der Waals surface area contributed by atoms with Gasteiger partial charge in [-0.3, -0.25) is 19.3 Å². The van der Waals surface area contributed by atoms with Gasteiger partial charge in [-0.1, -0.05) is 27.7 Å². The van der Waals surface area contributed by atoms with Crippen molar-refractivity contribution in [2.24, 2.45) is 11.8 Å². The molecule has 0 bridgehead atoms. The Morgan fingerprint density at radius 3 is 2.33 bits per heavy atom. The van der Waals surface area contributed by atoms with Crippen LogP contribution in [0.1, 0.15) is 65.2 Å². The Kier molecular flexibility index (Phi) is 6.71. The molecule has 27 heavy (non-hydrogen) atoms. The van der Waals surface area contributed by atoms with E-state index in [9.17, 15) is 19.2 Å². The molecule has 2 rings (SSSR count). The van der Waals surface area contributed by atoms with E-state index in [1.807, 2.05) is 27.7 Å². The number of amides is 3. The summed E-state index contributed by atoms with van der Waals surface area (Å²) in [5.74, 6) is -1.18. The van der Waals surface area contributed by atoms with Crippen LogP contribution in [0.2, 0.25) is 0 Å². The summed E-state index contributed by atoms with van der Waals surface area (Å²) in [6, 6.07) is 4.25. The first-order valence-corrected chi connectivity index (χ1v) is 9.14. The first-order chi connectivity index (χ1) is 12.7. The highest BCUT2D eigenvalue weighted by Gasteiger charge is 2.35. The summed E-state index contributed by atoms with van der Waals surface area (Å²) in [5, 5.41) is 2.65. The van der Waals surface area contributed by atoms with Gasteiger partial charge in [0.2, 0.25) is 0 Å². The zero-order valence-electron chi connectivity index (χ0n) is 16.2. The highest BCUT2D eigenvalue weighted by Crippen LogP contribution is 2.25. The van der Waals surface area contributed by atoms with Crippen LogP contribution in [0.15, 0.2) is 18.2 Å². The Morgan fingerprint density at radius 1 is 1.04 bits per heavy atom. The maximum Gasteiger partial charge on any atom is 0.338 e. The standard InChI is InChI=1S/C20H26N2O5/c1-12(2)7-8-22-18(24)15-6-5-14(9-16(15)19(22)25)20(26)27-11-17(23)21-10-13(3)4/h5-6,9,12-13H,7-8,10-11H2,1-4H3,(H,21,23). The van der Waals surface area contributed by atoms with Gasteiger partial charge in [-0.2, -0.15) is 0 Å². The van der Waals surface area contributed by atoms with Gasteiger partial charge in [0.05, 0.1) is 16.7 Å². The number of rotatable bonds is 8. The molecular formula is C20H26N2O5. The first-order valence-electron chi connectivity index (χ1n) is 9.14. The third-order valence-corrected chi connectivity index (χ3v) is 4.18. The first kappa shape index (κ1) is 20.6. The molecule has 0 unspecified atom stereocenters. The van der Waals surface area contributed by atoms with Crippen LogP contribution in [0.5, 0.6) is 0 Å². The molecule has 0 aliphatic carbocycles. The third kappa shape index (κ3) is 5.15. The number of benzene rings is 1. The SMILES string of the molecule is CC(C)CCN1C(=O)c2ccc(C(=O)OCC(=O)NCC(C)C)cc2C1=O. The van der Waals surface area contributed by atoms with Gasteiger partial charge in [-0.05, 0) is 36.5 Å². The molecule has 0 saturated carbocycles. The van der Waals surface area contributed by atoms with E-state index in [2.05, 4.69) is 5.32 Å². The van der Waals surface area contributed by atoms with Gasteiger partial charge in [0, 0.05) is 13.1 Å². The molecule has 0 spiro atoms. The molecule has 146 valence electrons. The van der Waals surface area contributed by atoms with Crippen LogP contribution < -0.4 is 5.32 Å². The number of carbonyl (C=O) groups is 4. The zero-order valence-corrected chi connectivity index (χ0v) is 16.2. The highest BCUT2D eigenvalue weighted by molar-refractivity contribution is 6.21. The second kappa shape index (κ2) is 8.79. The van der Waals surface area contributed by atoms with Gasteiger partial charge in [-0.15, -0.1) is 0 Å². The smallest absolute Gasteiger partial charge is 0.338 e. The van der Waals surface area contributed by atoms with Crippen molar-refractivity contribution in [3.8, 4) is 0 Å². The predicted molar refractivity (Wildman–Crippen MR) is 99.4 cm³/mol. The molecule has 1 aliphatic heterocycles. The van der Waals surface area contributed by atoms with E-state index in [0.29, 0.717) is 31.3 Å². The summed E-state index contributed by atoms with van der Waals surface area (Å²) in [4.78, 5) is 49.9. The largest absolute Gasteiger partial charge is 0.452 e. The number of carbonyl (C=O) groups excluding carboxylic acids is 4. The lowest BCUT2D eigenvalue weighted by Crippen LogP contribution is -2.31. The van der Waals surface area contributed by atoms with E-state index >= 15 is 0 Å². The summed E-state index contributed by atoms with van der Waals surface area (Å²) in [6.45, 7) is 8.40. The van der Waals surface area contributed by atoms with Crippen LogP contribution in [0.4, 0.5) is 0 Å². The lowest BCUT2D eigenvalue weighted by molar-refractivity contribution is -0.124. The fraction of sp³-hybridized carbons (Fsp3) is 0.500. The fourth-order valence-electron chi connectivity index (χ4n) is 2.59. The third-order valence-electron chi connectivity index (χ3n) is 4.18. The van der Waals surface area contributed by atoms with Crippen LogP contribution in [0.3, 0.4) is 0 Å². The van der Waals surface area contributed by atoms with Gasteiger partial charge < -0.3 is 10.1 Å². The summed E-state index contributed by atoms with van der Waals surface area (Å²) in [6.07, 6.45) is 0.714. The average Bonchev–Trinajstić information content (AvgIpc) is 2.86. The number of esters is 1. The molecular weight excluding hydrogens is 348 g/mol. The van der Waals surface area contributed by atoms with Crippen LogP contribution in [-0.4, -0.2) is 48.3 Å². The van der Waals surface area contributed by atoms with Crippen molar-refractivity contribution in [3.05, 3.63) is 34.9 Å². The Morgan fingerprint density at radius 2 is 1.70 bits per heavy atom. The van der Waals surface area contributed by atoms with Crippen molar-refractivity contribution in [1.82, 2.24) is 10.2 Å². The average molecular weight is 374 g/mol. The molecule has 1 heterocycles. The van der Waals surface area contributed by atoms with Crippen molar-refractivity contribution in [1.29, 1.82) is 0 Å². The minimum Gasteiger partial charge on any atom is -0.452 e. The molecule has 0 aromatic heterocycles. The van der Waals surface area contributed by atoms with Crippen LogP contribution in [0, 0.1) is 11.8 Å². The number of hydrogen-bond donors (Lipinski definition) is 1. The Bertz CT molecular complexity index is 755. The van der Waals surface area contributed by atoms with E-state index in [1.165, 1.54) is 23.1 Å². The predicted octanol–water partition coefficient (Wildman–Crippen LogP) is 2.26. The van der Waals surface area contributed by atoms with Crippen LogP contribution in [0.25, 0.3) is 0 Å². The number of fused-ring (bicyclic) bond motifs is 1. The molecule has 7 nitrogen and oxygen atoms in total. The maximum atomic E-state index is 12.5. The number of hydrogen-bond acceptors (Lipinski definition) is 5. The molecule has 0 fully saturated rings. The van der Waals surface area contributed by atoms with E-state index < -0.39 is 18.5 Å². The van der Waals surface area contributed by atoms with Crippen molar-refractivity contribution >= 4 is 23.7 Å². The number of ether oxygens (including phenoxy) is 1. The molecule has 7 heteroatoms. The van der Waals surface area contributed by atoms with Crippen LogP contribution >= 0.6 is 0 Å². The zero-order chi connectivity index (χ0) is 20.1. The topological polar surface area (TPSA) is 92.8 Å². The van der Waals surface area contributed by atoms with Crippen LogP contribution in [-0.2, 0) is 9.53 Å². The second-order valence-corrected chi connectivity index (χ2v) is 7.48. The quantitative estimate of drug-likeness (QED) is 0.556. The van der Waals surface area contributed by atoms with E-state index in [0.717, 1.165) is 0 Å². The van der Waals surface area contributed by atoms with Gasteiger partial charge in [0.1, 0.15) is 0 Å². The van der Waals surface area contributed by atoms with Gasteiger partial charge in [0.25, 0.3) is 17.7 Å². The second-order valence-electron chi connectivity index (χ2n) is 7.48. The number of nitrogens with zero attached hydrogens (tertiary/aromatic N) is 1. The monoisotopic (exact) mass is 374 g/mol. The molecule has 1 aromatic rings. The summed E-state index contributed by atoms with van der Waals surface area (Å²) < 4.78 is 4.99. The molecule has 1 aliphatic rings. The lowest BCUT2D eigenvalue weighted by atomic mass is 10.1. The van der Waals surface area contributed by atoms with Gasteiger partial charge >= 0.3 is 5.97 Å². The normalized spacial score (nSPS) is 13.3. The summed E-state index contributed by atoms with van der Waals surface area (Å²) in [5.41, 5.74) is 0.620. The Hall–Kier alpha value is -2.70. The van der Waals surface area contributed by atoms with Gasteiger partial charge in [0.15, 0.2) is 6.61 Å². The maximum absolute atomic E-state index is 12.5. The molecule has 0 radical (unpaired) electrons. The van der Waals surface area contributed by atoms with E-state index in [4.69, 9.17) is 4.74 Å². The summed E-state index contributed by atoms with van der Waals surface area (Å²) >= 11 is 0. The highest BCUT2D eigenvalue weighted by atomic mass is 16.5. The molecule has 0 atom stereocenters. The van der Waals surface area contributed by atoms with Crippen molar-refractivity contribution in [2.75, 3.05) is 19.7 Å². The number of imide groups is 1. The van der Waals surface area contributed by atoms with Crippen molar-refractivity contribution in [2.45, 2.75) is 34.1 Å². The number of nitrogens with one attached hydrogen (secondary N) is 1. The van der Waals surface area contributed by atoms with Crippen molar-refractivity contribution in [3.63, 3.8) is 0 Å². The Labute approximate surface area is 159 Å². The lowest BCUT2D eigenvalue weighted by Gasteiger charge is -2.14. The molecule has 1 N–H and O–H groups in total. The van der Waals surface area contributed by atoms with E-state index in [1.54, 1.807) is 0 Å². The molecule has 3 amide bonds. The molecule has 1 aromatic carbocycles. The minimum atomic E-state index is -0.710. The fourth-order valence-corrected chi connectivity index (χ4v) is 2.59. The van der Waals surface area contributed by atoms with E-state index in [-0.39, 0.29) is 28.5 Å².